The summed E-state index contributed by atoms with van der Waals surface area (Å²) in [5, 5.41) is 13.5. The highest BCUT2D eigenvalue weighted by atomic mass is 32.1. The number of rotatable bonds is 2. The molecule has 1 saturated carbocycles. The summed E-state index contributed by atoms with van der Waals surface area (Å²) < 4.78 is 5.15. The number of hydrogen-bond acceptors (Lipinski definition) is 6. The maximum absolute atomic E-state index is 11.7. The molecule has 1 aliphatic carbocycles. The number of amides is 1. The molecule has 1 fully saturated rings. The molecule has 0 saturated heterocycles. The number of aromatic nitrogens is 1. The minimum atomic E-state index is -1.01. The first kappa shape index (κ1) is 15.9. The Hall–Kier alpha value is -1.47. The zero-order valence-corrected chi connectivity index (χ0v) is 13.2. The van der Waals surface area contributed by atoms with Crippen molar-refractivity contribution in [3.8, 4) is 0 Å². The molecule has 21 heavy (non-hydrogen) atoms. The van der Waals surface area contributed by atoms with Crippen molar-refractivity contribution in [2.45, 2.75) is 57.7 Å². The van der Waals surface area contributed by atoms with Crippen LogP contribution in [0.1, 0.15) is 51.3 Å². The number of aliphatic hydroxyl groups is 1. The SMILES string of the molecule is CC(C)(C)OC(=O)Nc1ncc(C2(O)CCC(=O)CC2)s1. The molecule has 1 aliphatic rings. The van der Waals surface area contributed by atoms with Gasteiger partial charge in [0.15, 0.2) is 5.13 Å². The fraction of sp³-hybridized carbons (Fsp3) is 0.643. The van der Waals surface area contributed by atoms with Gasteiger partial charge in [0.2, 0.25) is 0 Å². The first-order valence-electron chi connectivity index (χ1n) is 6.88. The number of nitrogens with one attached hydrogen (secondary N) is 1. The molecule has 7 heteroatoms. The van der Waals surface area contributed by atoms with E-state index in [0.717, 1.165) is 0 Å². The predicted octanol–water partition coefficient (Wildman–Crippen LogP) is 2.82. The van der Waals surface area contributed by atoms with Gasteiger partial charge in [0, 0.05) is 19.0 Å². The normalized spacial score (nSPS) is 18.4. The monoisotopic (exact) mass is 312 g/mol. The van der Waals surface area contributed by atoms with Crippen LogP contribution < -0.4 is 5.32 Å². The van der Waals surface area contributed by atoms with Gasteiger partial charge in [0.25, 0.3) is 0 Å². The summed E-state index contributed by atoms with van der Waals surface area (Å²) in [6.45, 7) is 5.34. The molecule has 0 spiro atoms. The van der Waals surface area contributed by atoms with E-state index < -0.39 is 17.3 Å². The number of anilines is 1. The Balaban J connectivity index is 2.01. The molecule has 116 valence electrons. The van der Waals surface area contributed by atoms with Crippen molar-refractivity contribution >= 4 is 28.3 Å². The van der Waals surface area contributed by atoms with Crippen LogP contribution >= 0.6 is 11.3 Å². The third kappa shape index (κ3) is 4.25. The molecule has 1 amide bonds. The van der Waals surface area contributed by atoms with Crippen LogP contribution in [0.5, 0.6) is 0 Å². The smallest absolute Gasteiger partial charge is 0.413 e. The molecule has 0 aromatic carbocycles. The molecule has 0 aliphatic heterocycles. The van der Waals surface area contributed by atoms with Crippen molar-refractivity contribution in [3.63, 3.8) is 0 Å². The highest BCUT2D eigenvalue weighted by molar-refractivity contribution is 7.15. The van der Waals surface area contributed by atoms with Gasteiger partial charge in [0.1, 0.15) is 17.0 Å². The minimum Gasteiger partial charge on any atom is -0.444 e. The van der Waals surface area contributed by atoms with Crippen LogP contribution in [0.15, 0.2) is 6.20 Å². The molecule has 1 heterocycles. The average molecular weight is 312 g/mol. The Kier molecular flexibility index (Phi) is 4.34. The van der Waals surface area contributed by atoms with Crippen LogP contribution in [-0.4, -0.2) is 27.6 Å². The van der Waals surface area contributed by atoms with Crippen molar-refractivity contribution in [1.82, 2.24) is 4.98 Å². The maximum atomic E-state index is 11.7. The van der Waals surface area contributed by atoms with Crippen molar-refractivity contribution in [2.24, 2.45) is 0 Å². The quantitative estimate of drug-likeness (QED) is 0.876. The Morgan fingerprint density at radius 2 is 2.05 bits per heavy atom. The van der Waals surface area contributed by atoms with E-state index in [1.54, 1.807) is 27.0 Å². The maximum Gasteiger partial charge on any atom is 0.413 e. The summed E-state index contributed by atoms with van der Waals surface area (Å²) in [5.74, 6) is 0.177. The van der Waals surface area contributed by atoms with Crippen molar-refractivity contribution < 1.29 is 19.4 Å². The fourth-order valence-corrected chi connectivity index (χ4v) is 3.07. The summed E-state index contributed by atoms with van der Waals surface area (Å²) in [5.41, 5.74) is -1.59. The lowest BCUT2D eigenvalue weighted by Crippen LogP contribution is -2.30. The summed E-state index contributed by atoms with van der Waals surface area (Å²) >= 11 is 1.21. The molecule has 1 aromatic heterocycles. The van der Waals surface area contributed by atoms with Gasteiger partial charge in [-0.2, -0.15) is 0 Å². The van der Waals surface area contributed by atoms with Crippen LogP contribution in [-0.2, 0) is 15.1 Å². The Morgan fingerprint density at radius 3 is 2.62 bits per heavy atom. The molecule has 0 unspecified atom stereocenters. The molecule has 1 aromatic rings. The van der Waals surface area contributed by atoms with Gasteiger partial charge in [-0.25, -0.2) is 9.78 Å². The lowest BCUT2D eigenvalue weighted by atomic mass is 9.83. The lowest BCUT2D eigenvalue weighted by Gasteiger charge is -2.29. The zero-order chi connectivity index (χ0) is 15.7. The largest absolute Gasteiger partial charge is 0.444 e. The number of carbonyl (C=O) groups is 2. The summed E-state index contributed by atoms with van der Waals surface area (Å²) in [4.78, 5) is 27.7. The third-order valence-electron chi connectivity index (χ3n) is 3.21. The van der Waals surface area contributed by atoms with Gasteiger partial charge < -0.3 is 9.84 Å². The second-order valence-corrected chi connectivity index (χ2v) is 7.26. The number of ether oxygens (including phenoxy) is 1. The van der Waals surface area contributed by atoms with Gasteiger partial charge in [-0.3, -0.25) is 10.1 Å². The van der Waals surface area contributed by atoms with Crippen LogP contribution in [0.4, 0.5) is 9.93 Å². The third-order valence-corrected chi connectivity index (χ3v) is 4.31. The number of nitrogens with zero attached hydrogens (tertiary/aromatic N) is 1. The van der Waals surface area contributed by atoms with Crippen molar-refractivity contribution in [3.05, 3.63) is 11.1 Å². The summed E-state index contributed by atoms with van der Waals surface area (Å²) in [6, 6.07) is 0. The Bertz CT molecular complexity index is 537. The number of thiazole rings is 1. The molecule has 2 N–H and O–H groups in total. The van der Waals surface area contributed by atoms with Crippen LogP contribution in [0.2, 0.25) is 0 Å². The van der Waals surface area contributed by atoms with Gasteiger partial charge in [-0.1, -0.05) is 11.3 Å². The fourth-order valence-electron chi connectivity index (χ4n) is 2.13. The predicted molar refractivity (Wildman–Crippen MR) is 79.3 cm³/mol. The highest BCUT2D eigenvalue weighted by Crippen LogP contribution is 2.39. The van der Waals surface area contributed by atoms with E-state index in [2.05, 4.69) is 10.3 Å². The molecular weight excluding hydrogens is 292 g/mol. The number of hydrogen-bond donors (Lipinski definition) is 2. The Morgan fingerprint density at radius 1 is 1.43 bits per heavy atom. The van der Waals surface area contributed by atoms with E-state index in [1.165, 1.54) is 11.3 Å². The van der Waals surface area contributed by atoms with E-state index in [4.69, 9.17) is 4.74 Å². The molecule has 0 bridgehead atoms. The minimum absolute atomic E-state index is 0.177. The number of Topliss-reactive ketones (excluding diaryl/α,β-unsaturated/α-hetero) is 1. The van der Waals surface area contributed by atoms with E-state index in [1.807, 2.05) is 0 Å². The lowest BCUT2D eigenvalue weighted by molar-refractivity contribution is -0.125. The molecule has 0 radical (unpaired) electrons. The van der Waals surface area contributed by atoms with Crippen LogP contribution in [0.3, 0.4) is 0 Å². The van der Waals surface area contributed by atoms with E-state index in [9.17, 15) is 14.7 Å². The number of ketones is 1. The highest BCUT2D eigenvalue weighted by Gasteiger charge is 2.36. The second kappa shape index (κ2) is 5.73. The molecule has 6 nitrogen and oxygen atoms in total. The van der Waals surface area contributed by atoms with Gasteiger partial charge in [-0.15, -0.1) is 0 Å². The standard InChI is InChI=1S/C14H20N2O4S/c1-13(2,3)20-12(18)16-11-15-8-10(21-11)14(19)6-4-9(17)5-7-14/h8,19H,4-7H2,1-3H3,(H,15,16,18). The summed E-state index contributed by atoms with van der Waals surface area (Å²) in [7, 11) is 0. The van der Waals surface area contributed by atoms with Crippen LogP contribution in [0.25, 0.3) is 0 Å². The molecule has 0 atom stereocenters. The first-order valence-corrected chi connectivity index (χ1v) is 7.70. The summed E-state index contributed by atoms with van der Waals surface area (Å²) in [6.07, 6.45) is 2.54. The van der Waals surface area contributed by atoms with Gasteiger partial charge >= 0.3 is 6.09 Å². The Labute approximate surface area is 127 Å². The average Bonchev–Trinajstić information content (AvgIpc) is 2.80. The zero-order valence-electron chi connectivity index (χ0n) is 12.4. The first-order chi connectivity index (χ1) is 9.68. The number of carbonyl (C=O) groups excluding carboxylic acids is 2. The second-order valence-electron chi connectivity index (χ2n) is 6.23. The van der Waals surface area contributed by atoms with E-state index in [-0.39, 0.29) is 5.78 Å². The van der Waals surface area contributed by atoms with E-state index in [0.29, 0.717) is 35.7 Å². The van der Waals surface area contributed by atoms with Crippen molar-refractivity contribution in [2.75, 3.05) is 5.32 Å². The molecular formula is C14H20N2O4S. The van der Waals surface area contributed by atoms with Crippen molar-refractivity contribution in [1.29, 1.82) is 0 Å². The van der Waals surface area contributed by atoms with Crippen LogP contribution in [0, 0.1) is 0 Å². The van der Waals surface area contributed by atoms with E-state index >= 15 is 0 Å². The van der Waals surface area contributed by atoms with Gasteiger partial charge in [-0.05, 0) is 33.6 Å². The topological polar surface area (TPSA) is 88.5 Å². The van der Waals surface area contributed by atoms with Gasteiger partial charge in [0.05, 0.1) is 4.88 Å². The molecule has 2 rings (SSSR count).